The van der Waals surface area contributed by atoms with Gasteiger partial charge in [0.05, 0.1) is 22.5 Å². The number of carbonyl (C=O) groups excluding carboxylic acids is 3. The molecule has 0 radical (unpaired) electrons. The maximum Gasteiger partial charge on any atom is 0.250 e. The molecule has 3 saturated heterocycles. The third-order valence-corrected chi connectivity index (χ3v) is 8.15. The van der Waals surface area contributed by atoms with Crippen LogP contribution in [0.25, 0.3) is 0 Å². The number of anilines is 2. The van der Waals surface area contributed by atoms with Crippen molar-refractivity contribution in [2.75, 3.05) is 16.8 Å². The van der Waals surface area contributed by atoms with E-state index in [0.29, 0.717) is 17.3 Å². The molecule has 0 unspecified atom stereocenters. The van der Waals surface area contributed by atoms with E-state index in [1.165, 1.54) is 6.07 Å². The van der Waals surface area contributed by atoms with E-state index in [1.54, 1.807) is 12.1 Å². The molecule has 1 spiro atoms. The van der Waals surface area contributed by atoms with Crippen molar-refractivity contribution in [2.24, 2.45) is 11.8 Å². The van der Waals surface area contributed by atoms with Crippen molar-refractivity contribution in [3.63, 3.8) is 0 Å². The summed E-state index contributed by atoms with van der Waals surface area (Å²) in [6, 6.07) is 10.1. The molecule has 3 fully saturated rings. The second-order valence-electron chi connectivity index (χ2n) is 8.42. The van der Waals surface area contributed by atoms with Crippen molar-refractivity contribution in [1.29, 1.82) is 0 Å². The topological polar surface area (TPSA) is 69.7 Å². The summed E-state index contributed by atoms with van der Waals surface area (Å²) in [7, 11) is 0. The molecule has 6 rings (SSSR count). The van der Waals surface area contributed by atoms with Gasteiger partial charge in [-0.25, -0.2) is 4.90 Å². The lowest BCUT2D eigenvalue weighted by molar-refractivity contribution is -0.135. The highest BCUT2D eigenvalue weighted by Gasteiger charge is 2.74. The second kappa shape index (κ2) is 6.54. The fourth-order valence-electron chi connectivity index (χ4n) is 6.07. The Bertz CT molecular complexity index is 1200. The number of imide groups is 1. The van der Waals surface area contributed by atoms with Crippen LogP contribution in [-0.4, -0.2) is 35.2 Å². The highest BCUT2D eigenvalue weighted by molar-refractivity contribution is 9.10. The molecule has 4 aliphatic heterocycles. The number of amides is 3. The van der Waals surface area contributed by atoms with Gasteiger partial charge in [-0.1, -0.05) is 39.1 Å². The predicted octanol–water partition coefficient (Wildman–Crippen LogP) is 4.19. The van der Waals surface area contributed by atoms with Gasteiger partial charge in [-0.3, -0.25) is 19.3 Å². The van der Waals surface area contributed by atoms with Gasteiger partial charge in [0, 0.05) is 26.8 Å². The Morgan fingerprint density at radius 2 is 1.87 bits per heavy atom. The predicted molar refractivity (Wildman–Crippen MR) is 120 cm³/mol. The number of hydrogen-bond acceptors (Lipinski definition) is 4. The maximum absolute atomic E-state index is 13.9. The van der Waals surface area contributed by atoms with Crippen LogP contribution in [0.15, 0.2) is 40.9 Å². The zero-order valence-electron chi connectivity index (χ0n) is 16.1. The molecule has 6 nitrogen and oxygen atoms in total. The molecule has 0 saturated carbocycles. The average Bonchev–Trinajstić information content (AvgIpc) is 3.43. The first-order chi connectivity index (χ1) is 14.9. The van der Waals surface area contributed by atoms with Gasteiger partial charge in [0.15, 0.2) is 0 Å². The van der Waals surface area contributed by atoms with E-state index < -0.39 is 23.3 Å². The van der Waals surface area contributed by atoms with E-state index in [9.17, 15) is 14.4 Å². The number of rotatable bonds is 1. The summed E-state index contributed by atoms with van der Waals surface area (Å²) in [4.78, 5) is 44.3. The lowest BCUT2D eigenvalue weighted by atomic mass is 9.75. The molecule has 1 N–H and O–H groups in total. The van der Waals surface area contributed by atoms with E-state index >= 15 is 0 Å². The second-order valence-corrected chi connectivity index (χ2v) is 10.2. The summed E-state index contributed by atoms with van der Waals surface area (Å²) in [5.74, 6) is -2.41. The summed E-state index contributed by atoms with van der Waals surface area (Å²) in [6.45, 7) is 0.662. The first-order valence-electron chi connectivity index (χ1n) is 10.1. The molecule has 9 heteroatoms. The van der Waals surface area contributed by atoms with E-state index in [1.807, 2.05) is 18.2 Å². The minimum absolute atomic E-state index is 0.180. The minimum Gasteiger partial charge on any atom is -0.324 e. The first kappa shape index (κ1) is 19.7. The molecule has 2 aromatic carbocycles. The molecule has 158 valence electrons. The van der Waals surface area contributed by atoms with Crippen LogP contribution >= 0.6 is 39.1 Å². The van der Waals surface area contributed by atoms with Crippen molar-refractivity contribution in [3.8, 4) is 0 Å². The number of nitrogens with zero attached hydrogens (tertiary/aromatic N) is 2. The molecule has 4 aliphatic rings. The van der Waals surface area contributed by atoms with Crippen molar-refractivity contribution in [2.45, 2.75) is 24.4 Å². The number of halogens is 3. The van der Waals surface area contributed by atoms with Gasteiger partial charge in [-0.05, 0) is 55.8 Å². The number of hydrogen-bond donors (Lipinski definition) is 1. The summed E-state index contributed by atoms with van der Waals surface area (Å²) >= 11 is 16.0. The van der Waals surface area contributed by atoms with Gasteiger partial charge < -0.3 is 5.32 Å². The molecule has 2 aromatic rings. The molecular weight excluding hydrogens is 505 g/mol. The minimum atomic E-state index is -1.21. The number of fused-ring (bicyclic) bond motifs is 7. The average molecular weight is 521 g/mol. The van der Waals surface area contributed by atoms with Crippen LogP contribution in [0.1, 0.15) is 18.4 Å². The standard InChI is InChI=1S/C22H16BrCl2N3O3/c23-10-3-6-14-12(8-10)22(21(31)26-14)18-17(15-2-1-7-27(15)22)19(29)28(20(18)30)16-9-11(24)4-5-13(16)25/h3-6,8-9,15,17-18H,1-2,7H2,(H,26,31)/t15-,17+,18-,22+/m0/s1. The Morgan fingerprint density at radius 1 is 1.06 bits per heavy atom. The third-order valence-electron chi connectivity index (χ3n) is 7.10. The SMILES string of the molecule is O=C1[C@H]2[C@@H](C(=O)N1c1cc(Cl)ccc1Cl)[C@]1(C(=O)Nc3ccc(Br)cc31)N1CCC[C@@H]21. The van der Waals surface area contributed by atoms with Gasteiger partial charge in [0.25, 0.3) is 0 Å². The normalized spacial score (nSPS) is 31.4. The van der Waals surface area contributed by atoms with Crippen LogP contribution in [0.4, 0.5) is 11.4 Å². The van der Waals surface area contributed by atoms with Crippen LogP contribution in [-0.2, 0) is 19.9 Å². The Morgan fingerprint density at radius 3 is 2.68 bits per heavy atom. The molecule has 4 heterocycles. The van der Waals surface area contributed by atoms with Crippen molar-refractivity contribution in [1.82, 2.24) is 4.90 Å². The summed E-state index contributed by atoms with van der Waals surface area (Å²) < 4.78 is 0.813. The van der Waals surface area contributed by atoms with Crippen LogP contribution < -0.4 is 10.2 Å². The van der Waals surface area contributed by atoms with Gasteiger partial charge in [-0.2, -0.15) is 0 Å². The fourth-order valence-corrected chi connectivity index (χ4v) is 6.80. The van der Waals surface area contributed by atoms with Crippen molar-refractivity contribution >= 4 is 68.2 Å². The lowest BCUT2D eigenvalue weighted by Gasteiger charge is -2.36. The molecule has 0 aromatic heterocycles. The lowest BCUT2D eigenvalue weighted by Crippen LogP contribution is -2.54. The first-order valence-corrected chi connectivity index (χ1v) is 11.6. The summed E-state index contributed by atoms with van der Waals surface area (Å²) in [5, 5.41) is 3.61. The van der Waals surface area contributed by atoms with E-state index in [0.717, 1.165) is 27.8 Å². The smallest absolute Gasteiger partial charge is 0.250 e. The van der Waals surface area contributed by atoms with Crippen LogP contribution in [0.2, 0.25) is 10.0 Å². The molecule has 4 atom stereocenters. The highest BCUT2D eigenvalue weighted by Crippen LogP contribution is 2.61. The number of benzene rings is 2. The van der Waals surface area contributed by atoms with Crippen LogP contribution in [0.3, 0.4) is 0 Å². The summed E-state index contributed by atoms with van der Waals surface area (Å²) in [5.41, 5.74) is 0.480. The molecule has 0 aliphatic carbocycles. The Labute approximate surface area is 196 Å². The monoisotopic (exact) mass is 519 g/mol. The van der Waals surface area contributed by atoms with Crippen molar-refractivity contribution < 1.29 is 14.4 Å². The summed E-state index contributed by atoms with van der Waals surface area (Å²) in [6.07, 6.45) is 1.63. The van der Waals surface area contributed by atoms with E-state index in [4.69, 9.17) is 23.2 Å². The zero-order valence-corrected chi connectivity index (χ0v) is 19.2. The van der Waals surface area contributed by atoms with Gasteiger partial charge >= 0.3 is 0 Å². The van der Waals surface area contributed by atoms with Gasteiger partial charge in [0.2, 0.25) is 17.7 Å². The Balaban J connectivity index is 1.58. The third kappa shape index (κ3) is 2.35. The van der Waals surface area contributed by atoms with Gasteiger partial charge in [-0.15, -0.1) is 0 Å². The number of carbonyl (C=O) groups is 3. The maximum atomic E-state index is 13.9. The van der Waals surface area contributed by atoms with E-state index in [2.05, 4.69) is 26.1 Å². The van der Waals surface area contributed by atoms with Gasteiger partial charge in [0.1, 0.15) is 5.54 Å². The zero-order chi connectivity index (χ0) is 21.7. The van der Waals surface area contributed by atoms with Crippen LogP contribution in [0, 0.1) is 11.8 Å². The molecule has 0 bridgehead atoms. The molecule has 3 amide bonds. The Hall–Kier alpha value is -1.93. The largest absolute Gasteiger partial charge is 0.324 e. The Kier molecular flexibility index (Phi) is 4.16. The quantitative estimate of drug-likeness (QED) is 0.572. The fraction of sp³-hybridized carbons (Fsp3) is 0.318. The molecular formula is C22H16BrCl2N3O3. The van der Waals surface area contributed by atoms with E-state index in [-0.39, 0.29) is 28.6 Å². The van der Waals surface area contributed by atoms with Crippen LogP contribution in [0.5, 0.6) is 0 Å². The molecule has 31 heavy (non-hydrogen) atoms. The highest BCUT2D eigenvalue weighted by atomic mass is 79.9. The number of nitrogens with one attached hydrogen (secondary N) is 1. The van der Waals surface area contributed by atoms with Crippen molar-refractivity contribution in [3.05, 3.63) is 56.5 Å².